The van der Waals surface area contributed by atoms with E-state index in [1.807, 2.05) is 6.07 Å². The molecule has 0 aliphatic carbocycles. The molecule has 1 aliphatic rings. The molecular weight excluding hydrogens is 312 g/mol. The SMILES string of the molecule is N[C@H]1C[C@H](n2ccc(=O)[nH]c2=O)O[C@@H]1CNC(=O)c1ccccc1. The first-order valence-corrected chi connectivity index (χ1v) is 7.60. The molecule has 0 bridgehead atoms. The van der Waals surface area contributed by atoms with Gasteiger partial charge in [0, 0.05) is 36.8 Å². The van der Waals surface area contributed by atoms with E-state index in [4.69, 9.17) is 10.5 Å². The van der Waals surface area contributed by atoms with Gasteiger partial charge in [-0.1, -0.05) is 18.2 Å². The minimum atomic E-state index is -0.567. The molecule has 0 unspecified atom stereocenters. The molecule has 1 aromatic heterocycles. The van der Waals surface area contributed by atoms with Crippen LogP contribution < -0.4 is 22.3 Å². The molecule has 0 radical (unpaired) electrons. The number of nitrogens with two attached hydrogens (primary N) is 1. The quantitative estimate of drug-likeness (QED) is 0.703. The molecule has 1 aliphatic heterocycles. The van der Waals surface area contributed by atoms with Gasteiger partial charge < -0.3 is 15.8 Å². The fraction of sp³-hybridized carbons (Fsp3) is 0.312. The third kappa shape index (κ3) is 3.44. The summed E-state index contributed by atoms with van der Waals surface area (Å²) in [5.41, 5.74) is 5.59. The third-order valence-corrected chi connectivity index (χ3v) is 3.94. The normalized spacial score (nSPS) is 23.1. The Morgan fingerprint density at radius 1 is 1.29 bits per heavy atom. The number of hydrogen-bond donors (Lipinski definition) is 3. The second kappa shape index (κ2) is 6.81. The summed E-state index contributed by atoms with van der Waals surface area (Å²) in [6.07, 6.45) is 0.811. The van der Waals surface area contributed by atoms with Gasteiger partial charge in [-0.15, -0.1) is 0 Å². The number of amides is 1. The van der Waals surface area contributed by atoms with Gasteiger partial charge >= 0.3 is 5.69 Å². The number of ether oxygens (including phenoxy) is 1. The Balaban J connectivity index is 1.63. The van der Waals surface area contributed by atoms with E-state index >= 15 is 0 Å². The van der Waals surface area contributed by atoms with Crippen LogP contribution in [0.25, 0.3) is 0 Å². The van der Waals surface area contributed by atoms with Crippen molar-refractivity contribution in [2.75, 3.05) is 6.54 Å². The number of nitrogens with zero attached hydrogens (tertiary/aromatic N) is 1. The molecule has 3 atom stereocenters. The standard InChI is InChI=1S/C16H18N4O4/c17-11-8-14(20-7-6-13(21)19-16(20)23)24-12(11)9-18-15(22)10-4-2-1-3-5-10/h1-7,11-12,14H,8-9,17H2,(H,18,22)(H,19,21,23)/t11-,12+,14+/m0/s1. The van der Waals surface area contributed by atoms with Crippen molar-refractivity contribution in [1.29, 1.82) is 0 Å². The zero-order valence-electron chi connectivity index (χ0n) is 12.8. The average molecular weight is 330 g/mol. The summed E-state index contributed by atoms with van der Waals surface area (Å²) < 4.78 is 7.06. The fourth-order valence-electron chi connectivity index (χ4n) is 2.66. The molecule has 4 N–H and O–H groups in total. The molecule has 8 heteroatoms. The Bertz CT molecular complexity index is 830. The highest BCUT2D eigenvalue weighted by atomic mass is 16.5. The van der Waals surface area contributed by atoms with Crippen LogP contribution in [0.3, 0.4) is 0 Å². The summed E-state index contributed by atoms with van der Waals surface area (Å²) in [4.78, 5) is 37.2. The van der Waals surface area contributed by atoms with Gasteiger partial charge in [-0.05, 0) is 12.1 Å². The molecule has 1 aromatic carbocycles. The average Bonchev–Trinajstić information content (AvgIpc) is 2.94. The Morgan fingerprint density at radius 2 is 2.04 bits per heavy atom. The van der Waals surface area contributed by atoms with Crippen LogP contribution in [0.1, 0.15) is 23.0 Å². The highest BCUT2D eigenvalue weighted by Gasteiger charge is 2.34. The molecular formula is C16H18N4O4. The summed E-state index contributed by atoms with van der Waals surface area (Å²) >= 11 is 0. The molecule has 2 aromatic rings. The third-order valence-electron chi connectivity index (χ3n) is 3.94. The Hall–Kier alpha value is -2.71. The minimum absolute atomic E-state index is 0.212. The van der Waals surface area contributed by atoms with Gasteiger partial charge in [-0.2, -0.15) is 0 Å². The molecule has 0 saturated carbocycles. The number of nitrogens with one attached hydrogen (secondary N) is 2. The van der Waals surface area contributed by atoms with Gasteiger partial charge in [0.25, 0.3) is 11.5 Å². The molecule has 2 heterocycles. The highest BCUT2D eigenvalue weighted by Crippen LogP contribution is 2.25. The first kappa shape index (κ1) is 16.2. The van der Waals surface area contributed by atoms with Crippen LogP contribution in [0, 0.1) is 0 Å². The Labute approximate surface area is 137 Å². The van der Waals surface area contributed by atoms with Crippen LogP contribution in [0.2, 0.25) is 0 Å². The summed E-state index contributed by atoms with van der Waals surface area (Å²) in [6.45, 7) is 0.240. The fourth-order valence-corrected chi connectivity index (χ4v) is 2.66. The molecule has 126 valence electrons. The molecule has 0 spiro atoms. The van der Waals surface area contributed by atoms with Gasteiger partial charge in [0.05, 0.1) is 6.10 Å². The maximum Gasteiger partial charge on any atom is 0.330 e. The van der Waals surface area contributed by atoms with Crippen molar-refractivity contribution >= 4 is 5.91 Å². The number of rotatable bonds is 4. The van der Waals surface area contributed by atoms with Crippen LogP contribution in [0.15, 0.2) is 52.2 Å². The maximum atomic E-state index is 12.0. The van der Waals surface area contributed by atoms with E-state index in [0.29, 0.717) is 12.0 Å². The maximum absolute atomic E-state index is 12.0. The summed E-state index contributed by atoms with van der Waals surface area (Å²) in [7, 11) is 0. The van der Waals surface area contributed by atoms with E-state index in [2.05, 4.69) is 10.3 Å². The van der Waals surface area contributed by atoms with Crippen molar-refractivity contribution in [3.63, 3.8) is 0 Å². The smallest absolute Gasteiger partial charge is 0.330 e. The van der Waals surface area contributed by atoms with E-state index < -0.39 is 23.6 Å². The summed E-state index contributed by atoms with van der Waals surface area (Å²) in [5, 5.41) is 2.78. The highest BCUT2D eigenvalue weighted by molar-refractivity contribution is 5.94. The van der Waals surface area contributed by atoms with Crippen LogP contribution in [-0.4, -0.2) is 34.1 Å². The molecule has 3 rings (SSSR count). The number of hydrogen-bond acceptors (Lipinski definition) is 5. The van der Waals surface area contributed by atoms with Crippen LogP contribution in [0.4, 0.5) is 0 Å². The van der Waals surface area contributed by atoms with E-state index in [9.17, 15) is 14.4 Å². The molecule has 24 heavy (non-hydrogen) atoms. The lowest BCUT2D eigenvalue weighted by Crippen LogP contribution is -2.40. The number of benzene rings is 1. The van der Waals surface area contributed by atoms with E-state index in [1.54, 1.807) is 24.3 Å². The minimum Gasteiger partial charge on any atom is -0.351 e. The Kier molecular flexibility index (Phi) is 4.59. The van der Waals surface area contributed by atoms with Gasteiger partial charge in [-0.25, -0.2) is 4.79 Å². The molecule has 1 amide bonds. The second-order valence-corrected chi connectivity index (χ2v) is 5.62. The van der Waals surface area contributed by atoms with Crippen LogP contribution in [0.5, 0.6) is 0 Å². The summed E-state index contributed by atoms with van der Waals surface area (Å²) in [5.74, 6) is -0.212. The van der Waals surface area contributed by atoms with Gasteiger partial charge in [0.2, 0.25) is 0 Å². The Morgan fingerprint density at radius 3 is 2.75 bits per heavy atom. The zero-order valence-corrected chi connectivity index (χ0v) is 12.8. The van der Waals surface area contributed by atoms with E-state index in [-0.39, 0.29) is 18.5 Å². The first-order valence-electron chi connectivity index (χ1n) is 7.60. The number of carbonyl (C=O) groups is 1. The number of aromatic amines is 1. The topological polar surface area (TPSA) is 119 Å². The molecule has 8 nitrogen and oxygen atoms in total. The lowest BCUT2D eigenvalue weighted by atomic mass is 10.1. The predicted octanol–water partition coefficient (Wildman–Crippen LogP) is -0.419. The first-order chi connectivity index (χ1) is 11.5. The monoisotopic (exact) mass is 330 g/mol. The van der Waals surface area contributed by atoms with Gasteiger partial charge in [0.1, 0.15) is 6.23 Å². The van der Waals surface area contributed by atoms with Crippen molar-refractivity contribution < 1.29 is 9.53 Å². The van der Waals surface area contributed by atoms with Gasteiger partial charge in [0.15, 0.2) is 0 Å². The predicted molar refractivity (Wildman–Crippen MR) is 86.6 cm³/mol. The van der Waals surface area contributed by atoms with Crippen molar-refractivity contribution in [2.45, 2.75) is 24.8 Å². The van der Waals surface area contributed by atoms with Gasteiger partial charge in [-0.3, -0.25) is 19.1 Å². The molecule has 1 saturated heterocycles. The number of carbonyl (C=O) groups excluding carboxylic acids is 1. The van der Waals surface area contributed by atoms with Crippen LogP contribution in [-0.2, 0) is 4.74 Å². The largest absolute Gasteiger partial charge is 0.351 e. The molecule has 1 fully saturated rings. The lowest BCUT2D eigenvalue weighted by Gasteiger charge is -2.17. The van der Waals surface area contributed by atoms with Crippen molar-refractivity contribution in [1.82, 2.24) is 14.9 Å². The number of H-pyrrole nitrogens is 1. The van der Waals surface area contributed by atoms with Crippen molar-refractivity contribution in [3.05, 3.63) is 69.0 Å². The summed E-state index contributed by atoms with van der Waals surface area (Å²) in [6, 6.07) is 9.75. The second-order valence-electron chi connectivity index (χ2n) is 5.62. The van der Waals surface area contributed by atoms with Crippen molar-refractivity contribution in [2.24, 2.45) is 5.73 Å². The number of aromatic nitrogens is 2. The van der Waals surface area contributed by atoms with E-state index in [1.165, 1.54) is 16.8 Å². The van der Waals surface area contributed by atoms with Crippen molar-refractivity contribution in [3.8, 4) is 0 Å². The lowest BCUT2D eigenvalue weighted by molar-refractivity contribution is -0.00171. The van der Waals surface area contributed by atoms with E-state index in [0.717, 1.165) is 0 Å². The van der Waals surface area contributed by atoms with Crippen LogP contribution >= 0.6 is 0 Å². The zero-order chi connectivity index (χ0) is 17.1.